The van der Waals surface area contributed by atoms with Crippen molar-refractivity contribution in [2.24, 2.45) is 0 Å². The summed E-state index contributed by atoms with van der Waals surface area (Å²) < 4.78 is 5.95. The number of aryl methyl sites for hydroxylation is 1. The van der Waals surface area contributed by atoms with Crippen molar-refractivity contribution in [3.8, 4) is 11.5 Å². The molecule has 0 saturated heterocycles. The molecule has 0 amide bonds. The van der Waals surface area contributed by atoms with Crippen molar-refractivity contribution in [1.29, 1.82) is 0 Å². The smallest absolute Gasteiger partial charge is 0.150 e. The average molecular weight is 296 g/mol. The van der Waals surface area contributed by atoms with Crippen molar-refractivity contribution in [2.45, 2.75) is 13.5 Å². The van der Waals surface area contributed by atoms with Crippen molar-refractivity contribution in [2.75, 3.05) is 7.05 Å². The van der Waals surface area contributed by atoms with Crippen LogP contribution in [0.3, 0.4) is 0 Å². The van der Waals surface area contributed by atoms with E-state index in [1.54, 1.807) is 6.07 Å². The summed E-state index contributed by atoms with van der Waals surface area (Å²) in [6.45, 7) is 2.65. The minimum Gasteiger partial charge on any atom is -0.455 e. The Morgan fingerprint density at radius 2 is 1.95 bits per heavy atom. The molecule has 0 saturated carbocycles. The Morgan fingerprint density at radius 3 is 2.63 bits per heavy atom. The molecule has 2 aromatic rings. The molecule has 2 aromatic carbocycles. The molecule has 0 aliphatic carbocycles. The van der Waals surface area contributed by atoms with Crippen LogP contribution in [-0.4, -0.2) is 7.05 Å². The number of nitrogens with one attached hydrogen (secondary N) is 1. The fraction of sp³-hybridized carbons (Fsp3) is 0.200. The first-order valence-corrected chi connectivity index (χ1v) is 6.73. The molecule has 0 fully saturated rings. The van der Waals surface area contributed by atoms with E-state index >= 15 is 0 Å². The predicted molar refractivity (Wildman–Crippen MR) is 80.5 cm³/mol. The monoisotopic (exact) mass is 295 g/mol. The van der Waals surface area contributed by atoms with Gasteiger partial charge in [0.15, 0.2) is 5.75 Å². The van der Waals surface area contributed by atoms with Gasteiger partial charge >= 0.3 is 0 Å². The van der Waals surface area contributed by atoms with Crippen LogP contribution < -0.4 is 10.1 Å². The standard InChI is InChI=1S/C15H15Cl2NO/c1-10-8-12(16)6-7-14(10)19-15-11(9-18-2)4-3-5-13(15)17/h3-8,18H,9H2,1-2H3. The van der Waals surface area contributed by atoms with E-state index in [0.29, 0.717) is 22.3 Å². The lowest BCUT2D eigenvalue weighted by molar-refractivity contribution is 0.471. The molecule has 0 spiro atoms. The Bertz CT molecular complexity index is 584. The Hall–Kier alpha value is -1.22. The molecule has 0 heterocycles. The SMILES string of the molecule is CNCc1cccc(Cl)c1Oc1ccc(Cl)cc1C. The van der Waals surface area contributed by atoms with Crippen LogP contribution in [0.15, 0.2) is 36.4 Å². The van der Waals surface area contributed by atoms with Crippen molar-refractivity contribution in [3.05, 3.63) is 57.6 Å². The molecule has 0 bridgehead atoms. The van der Waals surface area contributed by atoms with Gasteiger partial charge in [0, 0.05) is 17.1 Å². The normalized spacial score (nSPS) is 10.5. The largest absolute Gasteiger partial charge is 0.455 e. The van der Waals surface area contributed by atoms with Gasteiger partial charge in [-0.3, -0.25) is 0 Å². The molecule has 0 aliphatic rings. The van der Waals surface area contributed by atoms with E-state index in [1.165, 1.54) is 0 Å². The highest BCUT2D eigenvalue weighted by molar-refractivity contribution is 6.32. The van der Waals surface area contributed by atoms with Gasteiger partial charge in [0.25, 0.3) is 0 Å². The first-order valence-electron chi connectivity index (χ1n) is 5.98. The van der Waals surface area contributed by atoms with E-state index in [1.807, 2.05) is 44.3 Å². The van der Waals surface area contributed by atoms with Crippen LogP contribution in [0.25, 0.3) is 0 Å². The maximum atomic E-state index is 6.22. The topological polar surface area (TPSA) is 21.3 Å². The number of hydrogen-bond acceptors (Lipinski definition) is 2. The van der Waals surface area contributed by atoms with Gasteiger partial charge in [0.2, 0.25) is 0 Å². The summed E-state index contributed by atoms with van der Waals surface area (Å²) in [6.07, 6.45) is 0. The number of para-hydroxylation sites is 1. The third-order valence-electron chi connectivity index (χ3n) is 2.76. The number of halogens is 2. The average Bonchev–Trinajstić information content (AvgIpc) is 2.36. The molecule has 0 unspecified atom stereocenters. The van der Waals surface area contributed by atoms with Gasteiger partial charge in [0.05, 0.1) is 5.02 Å². The minimum absolute atomic E-state index is 0.599. The van der Waals surface area contributed by atoms with Crippen LogP contribution in [0.1, 0.15) is 11.1 Å². The van der Waals surface area contributed by atoms with E-state index in [2.05, 4.69) is 5.32 Å². The van der Waals surface area contributed by atoms with Crippen molar-refractivity contribution in [3.63, 3.8) is 0 Å². The van der Waals surface area contributed by atoms with Crippen LogP contribution >= 0.6 is 23.2 Å². The van der Waals surface area contributed by atoms with E-state index < -0.39 is 0 Å². The minimum atomic E-state index is 0.599. The fourth-order valence-electron chi connectivity index (χ4n) is 1.83. The molecular formula is C15H15Cl2NO. The van der Waals surface area contributed by atoms with Crippen LogP contribution in [-0.2, 0) is 6.54 Å². The second-order valence-corrected chi connectivity index (χ2v) is 5.11. The zero-order valence-corrected chi connectivity index (χ0v) is 12.3. The zero-order chi connectivity index (χ0) is 13.8. The summed E-state index contributed by atoms with van der Waals surface area (Å²) in [6, 6.07) is 11.2. The molecule has 0 aromatic heterocycles. The molecule has 0 atom stereocenters. The Kier molecular flexibility index (Phi) is 4.70. The number of ether oxygens (including phenoxy) is 1. The molecule has 0 aliphatic heterocycles. The van der Waals surface area contributed by atoms with Gasteiger partial charge < -0.3 is 10.1 Å². The van der Waals surface area contributed by atoms with Crippen LogP contribution in [0.2, 0.25) is 10.0 Å². The lowest BCUT2D eigenvalue weighted by atomic mass is 10.2. The van der Waals surface area contributed by atoms with Crippen LogP contribution in [0.5, 0.6) is 11.5 Å². The number of hydrogen-bond donors (Lipinski definition) is 1. The number of rotatable bonds is 4. The maximum Gasteiger partial charge on any atom is 0.150 e. The summed E-state index contributed by atoms with van der Waals surface area (Å²) in [5.41, 5.74) is 1.99. The lowest BCUT2D eigenvalue weighted by Gasteiger charge is -2.14. The van der Waals surface area contributed by atoms with Crippen LogP contribution in [0.4, 0.5) is 0 Å². The van der Waals surface area contributed by atoms with Crippen molar-refractivity contribution in [1.82, 2.24) is 5.32 Å². The summed E-state index contributed by atoms with van der Waals surface area (Å²) >= 11 is 12.2. The maximum absolute atomic E-state index is 6.22. The second kappa shape index (κ2) is 6.29. The van der Waals surface area contributed by atoms with Crippen molar-refractivity contribution >= 4 is 23.2 Å². The van der Waals surface area contributed by atoms with Gasteiger partial charge in [0.1, 0.15) is 5.75 Å². The lowest BCUT2D eigenvalue weighted by Crippen LogP contribution is -2.06. The highest BCUT2D eigenvalue weighted by Crippen LogP contribution is 2.34. The molecule has 100 valence electrons. The van der Waals surface area contributed by atoms with E-state index in [0.717, 1.165) is 16.9 Å². The Balaban J connectivity index is 2.37. The van der Waals surface area contributed by atoms with Gasteiger partial charge in [-0.05, 0) is 43.8 Å². The second-order valence-electron chi connectivity index (χ2n) is 4.27. The number of benzene rings is 2. The van der Waals surface area contributed by atoms with Crippen LogP contribution in [0, 0.1) is 6.92 Å². The molecule has 2 nitrogen and oxygen atoms in total. The molecule has 19 heavy (non-hydrogen) atoms. The molecule has 2 rings (SSSR count). The highest BCUT2D eigenvalue weighted by Gasteiger charge is 2.10. The summed E-state index contributed by atoms with van der Waals surface area (Å²) in [5.74, 6) is 1.44. The van der Waals surface area contributed by atoms with Crippen molar-refractivity contribution < 1.29 is 4.74 Å². The molecular weight excluding hydrogens is 281 g/mol. The van der Waals surface area contributed by atoms with E-state index in [4.69, 9.17) is 27.9 Å². The fourth-order valence-corrected chi connectivity index (χ4v) is 2.29. The molecule has 0 radical (unpaired) electrons. The quantitative estimate of drug-likeness (QED) is 0.874. The summed E-state index contributed by atoms with van der Waals surface area (Å²) in [5, 5.41) is 4.39. The predicted octanol–water partition coefficient (Wildman–Crippen LogP) is 4.81. The first kappa shape index (κ1) is 14.2. The zero-order valence-electron chi connectivity index (χ0n) is 10.8. The third kappa shape index (κ3) is 3.41. The highest BCUT2D eigenvalue weighted by atomic mass is 35.5. The summed E-state index contributed by atoms with van der Waals surface area (Å²) in [4.78, 5) is 0. The van der Waals surface area contributed by atoms with E-state index in [9.17, 15) is 0 Å². The van der Waals surface area contributed by atoms with Gasteiger partial charge in [-0.2, -0.15) is 0 Å². The van der Waals surface area contributed by atoms with Gasteiger partial charge in [-0.1, -0.05) is 35.3 Å². The Morgan fingerprint density at radius 1 is 1.16 bits per heavy atom. The molecule has 1 N–H and O–H groups in total. The van der Waals surface area contributed by atoms with E-state index in [-0.39, 0.29) is 0 Å². The summed E-state index contributed by atoms with van der Waals surface area (Å²) in [7, 11) is 1.89. The van der Waals surface area contributed by atoms with Gasteiger partial charge in [-0.25, -0.2) is 0 Å². The first-order chi connectivity index (χ1) is 9.11. The third-order valence-corrected chi connectivity index (χ3v) is 3.30. The Labute approximate surface area is 123 Å². The van der Waals surface area contributed by atoms with Gasteiger partial charge in [-0.15, -0.1) is 0 Å². The molecule has 4 heteroatoms.